The van der Waals surface area contributed by atoms with Crippen LogP contribution in [0.15, 0.2) is 0 Å². The molecule has 0 amide bonds. The van der Waals surface area contributed by atoms with E-state index in [1.165, 1.54) is 70.6 Å². The van der Waals surface area contributed by atoms with E-state index in [0.717, 1.165) is 35.7 Å². The van der Waals surface area contributed by atoms with Gasteiger partial charge in [-0.25, -0.2) is 0 Å². The fourth-order valence-corrected chi connectivity index (χ4v) is 4.95. The van der Waals surface area contributed by atoms with Gasteiger partial charge in [-0.1, -0.05) is 123 Å². The lowest BCUT2D eigenvalue weighted by Gasteiger charge is -2.32. The van der Waals surface area contributed by atoms with Crippen LogP contribution in [0.25, 0.3) is 0 Å². The summed E-state index contributed by atoms with van der Waals surface area (Å²) in [7, 11) is 0. The van der Waals surface area contributed by atoms with Crippen molar-refractivity contribution in [3.8, 4) is 0 Å². The van der Waals surface area contributed by atoms with Crippen LogP contribution in [0.1, 0.15) is 126 Å². The maximum Gasteiger partial charge on any atom is 0.136 e. The minimum absolute atomic E-state index is 0.293. The molecule has 0 heterocycles. The van der Waals surface area contributed by atoms with Crippen molar-refractivity contribution in [2.75, 3.05) is 25.4 Å². The van der Waals surface area contributed by atoms with Gasteiger partial charge in [-0.05, 0) is 43.9 Å². The minimum Gasteiger partial charge on any atom is -0.396 e. The second-order valence-electron chi connectivity index (χ2n) is 9.76. The average molecular weight is 506 g/mol. The molecule has 0 aliphatic heterocycles. The van der Waals surface area contributed by atoms with Crippen molar-refractivity contribution in [3.63, 3.8) is 0 Å². The molecule has 5 heteroatoms. The first kappa shape index (κ1) is 35.3. The highest BCUT2D eigenvalue weighted by Crippen LogP contribution is 2.22. The highest BCUT2D eigenvalue weighted by molar-refractivity contribution is 8.22. The van der Waals surface area contributed by atoms with Crippen molar-refractivity contribution in [2.24, 2.45) is 17.8 Å². The van der Waals surface area contributed by atoms with Gasteiger partial charge in [-0.2, -0.15) is 0 Å². The Morgan fingerprint density at radius 2 is 1.15 bits per heavy atom. The molecule has 0 aliphatic rings. The van der Waals surface area contributed by atoms with Crippen LogP contribution >= 0.6 is 24.0 Å². The number of aliphatic hydroxyl groups is 2. The van der Waals surface area contributed by atoms with Crippen LogP contribution in [0.5, 0.6) is 0 Å². The van der Waals surface area contributed by atoms with Gasteiger partial charge >= 0.3 is 0 Å². The number of thioether (sulfide) groups is 1. The standard InChI is InChI=1S/C20H41NOS2.C8H18O/c1-6-10-12-18(8-3)14-21(20(23)24-16-17(5)22)15-19(9-4)13-11-7-2;1-3-5-6-8(4-2)7-9/h17-19,22H,6-16H2,1-5H3;8-9H,3-7H2,1-2H3. The summed E-state index contributed by atoms with van der Waals surface area (Å²) in [6, 6.07) is 0. The van der Waals surface area contributed by atoms with Crippen molar-refractivity contribution in [3.05, 3.63) is 0 Å². The van der Waals surface area contributed by atoms with Gasteiger partial charge in [0.15, 0.2) is 0 Å². The van der Waals surface area contributed by atoms with Crippen molar-refractivity contribution >= 4 is 28.3 Å². The summed E-state index contributed by atoms with van der Waals surface area (Å²) >= 11 is 7.38. The third-order valence-electron chi connectivity index (χ3n) is 6.55. The van der Waals surface area contributed by atoms with E-state index in [-0.39, 0.29) is 6.10 Å². The Morgan fingerprint density at radius 1 is 0.758 bits per heavy atom. The molecule has 0 aromatic rings. The lowest BCUT2D eigenvalue weighted by Crippen LogP contribution is -2.37. The normalized spacial score (nSPS) is 14.7. The molecule has 0 saturated carbocycles. The van der Waals surface area contributed by atoms with E-state index in [2.05, 4.69) is 46.4 Å². The fraction of sp³-hybridized carbons (Fsp3) is 0.964. The number of hydrogen-bond donors (Lipinski definition) is 2. The third-order valence-corrected chi connectivity index (χ3v) is 8.32. The largest absolute Gasteiger partial charge is 0.396 e. The number of nitrogens with zero attached hydrogens (tertiary/aromatic N) is 1. The van der Waals surface area contributed by atoms with Crippen LogP contribution in [-0.2, 0) is 0 Å². The highest BCUT2D eigenvalue weighted by atomic mass is 32.2. The van der Waals surface area contributed by atoms with E-state index >= 15 is 0 Å². The van der Waals surface area contributed by atoms with Crippen LogP contribution < -0.4 is 0 Å². The number of aliphatic hydroxyl groups excluding tert-OH is 2. The molecule has 4 unspecified atom stereocenters. The molecule has 3 nitrogen and oxygen atoms in total. The first-order valence-electron chi connectivity index (χ1n) is 14.0. The SMILES string of the molecule is CCCCC(CC)CN(CC(CC)CCCC)C(=S)SCC(C)O.CCCCC(CC)CO. The van der Waals surface area contributed by atoms with Crippen molar-refractivity contribution in [1.82, 2.24) is 4.90 Å². The molecule has 0 bridgehead atoms. The number of unbranched alkanes of at least 4 members (excludes halogenated alkanes) is 3. The molecule has 0 spiro atoms. The molecule has 0 radical (unpaired) electrons. The Balaban J connectivity index is 0. The molecule has 4 atom stereocenters. The molecule has 0 aliphatic carbocycles. The van der Waals surface area contributed by atoms with E-state index in [4.69, 9.17) is 17.3 Å². The van der Waals surface area contributed by atoms with Crippen LogP contribution in [0, 0.1) is 17.8 Å². The maximum absolute atomic E-state index is 9.57. The van der Waals surface area contributed by atoms with Gasteiger partial charge in [0.05, 0.1) is 6.10 Å². The van der Waals surface area contributed by atoms with Gasteiger partial charge in [0.1, 0.15) is 4.32 Å². The molecular weight excluding hydrogens is 446 g/mol. The smallest absolute Gasteiger partial charge is 0.136 e. The van der Waals surface area contributed by atoms with E-state index in [1.54, 1.807) is 11.8 Å². The lowest BCUT2D eigenvalue weighted by molar-refractivity contribution is 0.212. The molecule has 33 heavy (non-hydrogen) atoms. The van der Waals surface area contributed by atoms with Crippen LogP contribution in [-0.4, -0.2) is 51.0 Å². The van der Waals surface area contributed by atoms with Crippen molar-refractivity contribution in [1.29, 1.82) is 0 Å². The Hall–Kier alpha value is 0.160. The van der Waals surface area contributed by atoms with Crippen LogP contribution in [0.4, 0.5) is 0 Å². The summed E-state index contributed by atoms with van der Waals surface area (Å²) in [5.41, 5.74) is 0. The molecule has 200 valence electrons. The Morgan fingerprint density at radius 3 is 1.45 bits per heavy atom. The average Bonchev–Trinajstić information content (AvgIpc) is 2.82. The molecule has 0 fully saturated rings. The quantitative estimate of drug-likeness (QED) is 0.173. The minimum atomic E-state index is -0.293. The Kier molecular flexibility index (Phi) is 27.0. The Labute approximate surface area is 217 Å². The molecule has 2 N–H and O–H groups in total. The summed E-state index contributed by atoms with van der Waals surface area (Å²) in [6.07, 6.45) is 14.8. The molecule has 0 aromatic heterocycles. The topological polar surface area (TPSA) is 43.7 Å². The van der Waals surface area contributed by atoms with Crippen LogP contribution in [0.3, 0.4) is 0 Å². The number of hydrogen-bond acceptors (Lipinski definition) is 4. The lowest BCUT2D eigenvalue weighted by atomic mass is 9.96. The summed E-state index contributed by atoms with van der Waals surface area (Å²) in [6.45, 7) is 17.9. The van der Waals surface area contributed by atoms with Crippen molar-refractivity contribution < 1.29 is 10.2 Å². The monoisotopic (exact) mass is 505 g/mol. The van der Waals surface area contributed by atoms with Crippen molar-refractivity contribution in [2.45, 2.75) is 132 Å². The van der Waals surface area contributed by atoms with Gasteiger partial charge in [0.2, 0.25) is 0 Å². The van der Waals surface area contributed by atoms with Gasteiger partial charge in [-0.3, -0.25) is 0 Å². The zero-order chi connectivity index (χ0) is 25.5. The van der Waals surface area contributed by atoms with E-state index in [9.17, 15) is 5.11 Å². The zero-order valence-corrected chi connectivity index (χ0v) is 24.9. The van der Waals surface area contributed by atoms with E-state index < -0.39 is 0 Å². The predicted octanol–water partition coefficient (Wildman–Crippen LogP) is 8.32. The fourth-order valence-electron chi connectivity index (χ4n) is 3.88. The maximum atomic E-state index is 9.57. The van der Waals surface area contributed by atoms with Gasteiger partial charge in [-0.15, -0.1) is 0 Å². The first-order valence-corrected chi connectivity index (χ1v) is 15.4. The first-order chi connectivity index (χ1) is 15.8. The third kappa shape index (κ3) is 21.2. The summed E-state index contributed by atoms with van der Waals surface area (Å²) < 4.78 is 0.987. The predicted molar refractivity (Wildman–Crippen MR) is 155 cm³/mol. The second-order valence-corrected chi connectivity index (χ2v) is 11.4. The van der Waals surface area contributed by atoms with E-state index in [1.807, 2.05) is 6.92 Å². The highest BCUT2D eigenvalue weighted by Gasteiger charge is 2.19. The molecule has 0 aromatic carbocycles. The number of rotatable bonds is 19. The number of thiocarbonyl (C=S) groups is 1. The van der Waals surface area contributed by atoms with Crippen LogP contribution in [0.2, 0.25) is 0 Å². The second kappa shape index (κ2) is 25.3. The molecule has 0 saturated heterocycles. The Bertz CT molecular complexity index is 399. The summed E-state index contributed by atoms with van der Waals surface area (Å²) in [5.74, 6) is 2.73. The summed E-state index contributed by atoms with van der Waals surface area (Å²) in [4.78, 5) is 2.45. The molecule has 0 rings (SSSR count). The molecular formula is C28H59NO2S2. The summed E-state index contributed by atoms with van der Waals surface area (Å²) in [5, 5.41) is 18.3. The zero-order valence-electron chi connectivity index (χ0n) is 23.3. The van der Waals surface area contributed by atoms with Gasteiger partial charge in [0.25, 0.3) is 0 Å². The van der Waals surface area contributed by atoms with Gasteiger partial charge < -0.3 is 15.1 Å². The van der Waals surface area contributed by atoms with E-state index in [0.29, 0.717) is 18.3 Å². The van der Waals surface area contributed by atoms with Gasteiger partial charge in [0, 0.05) is 25.4 Å².